The van der Waals surface area contributed by atoms with Gasteiger partial charge in [0.25, 0.3) is 0 Å². The predicted octanol–water partition coefficient (Wildman–Crippen LogP) is 5.13. The van der Waals surface area contributed by atoms with Gasteiger partial charge in [-0.25, -0.2) is 0 Å². The van der Waals surface area contributed by atoms with Gasteiger partial charge >= 0.3 is 0 Å². The van der Waals surface area contributed by atoms with E-state index in [2.05, 4.69) is 4.90 Å². The Morgan fingerprint density at radius 3 is 2.42 bits per heavy atom. The number of methoxy groups -OCH3 is 1. The standard InChI is InChI=1S/C28H29NO4/c1-32-28-19-21(8-14-27(28)33-20-22-5-3-2-4-6-22)7-13-26(31)23-9-11-24(12-10-23)29-17-15-25(30)16-18-29/h2-14,19,25,30H,15-18,20H2,1H3. The summed E-state index contributed by atoms with van der Waals surface area (Å²) in [7, 11) is 1.61. The van der Waals surface area contributed by atoms with Crippen molar-refractivity contribution in [3.05, 3.63) is 95.6 Å². The van der Waals surface area contributed by atoms with E-state index < -0.39 is 0 Å². The maximum Gasteiger partial charge on any atom is 0.185 e. The Morgan fingerprint density at radius 2 is 1.73 bits per heavy atom. The Bertz CT molecular complexity index is 1080. The number of hydrogen-bond acceptors (Lipinski definition) is 5. The monoisotopic (exact) mass is 443 g/mol. The topological polar surface area (TPSA) is 59.0 Å². The molecule has 1 fully saturated rings. The zero-order valence-corrected chi connectivity index (χ0v) is 18.8. The molecule has 0 unspecified atom stereocenters. The third kappa shape index (κ3) is 6.02. The lowest BCUT2D eigenvalue weighted by molar-refractivity contribution is 0.104. The van der Waals surface area contributed by atoms with E-state index in [-0.39, 0.29) is 11.9 Å². The first-order valence-corrected chi connectivity index (χ1v) is 11.2. The van der Waals surface area contributed by atoms with Crippen LogP contribution in [0.2, 0.25) is 0 Å². The summed E-state index contributed by atoms with van der Waals surface area (Å²) in [6.45, 7) is 2.13. The third-order valence-electron chi connectivity index (χ3n) is 5.83. The highest BCUT2D eigenvalue weighted by Gasteiger charge is 2.17. The van der Waals surface area contributed by atoms with Crippen molar-refractivity contribution in [1.82, 2.24) is 0 Å². The fourth-order valence-electron chi connectivity index (χ4n) is 3.87. The van der Waals surface area contributed by atoms with Gasteiger partial charge in [0.05, 0.1) is 13.2 Å². The lowest BCUT2D eigenvalue weighted by Gasteiger charge is -2.31. The Kier molecular flexibility index (Phi) is 7.43. The number of benzene rings is 3. The minimum Gasteiger partial charge on any atom is -0.493 e. The number of carbonyl (C=O) groups excluding carboxylic acids is 1. The quantitative estimate of drug-likeness (QED) is 0.386. The summed E-state index contributed by atoms with van der Waals surface area (Å²) < 4.78 is 11.4. The molecular weight excluding hydrogens is 414 g/mol. The number of aliphatic hydroxyl groups excluding tert-OH is 1. The molecule has 0 saturated carbocycles. The van der Waals surface area contributed by atoms with Crippen molar-refractivity contribution in [2.75, 3.05) is 25.1 Å². The molecule has 1 aliphatic rings. The summed E-state index contributed by atoms with van der Waals surface area (Å²) in [5.41, 5.74) is 3.66. The highest BCUT2D eigenvalue weighted by molar-refractivity contribution is 6.07. The predicted molar refractivity (Wildman–Crippen MR) is 131 cm³/mol. The molecule has 5 heteroatoms. The van der Waals surface area contributed by atoms with Crippen LogP contribution >= 0.6 is 0 Å². The molecule has 33 heavy (non-hydrogen) atoms. The number of hydrogen-bond donors (Lipinski definition) is 1. The van der Waals surface area contributed by atoms with E-state index in [1.807, 2.05) is 72.8 Å². The van der Waals surface area contributed by atoms with Crippen LogP contribution in [0.1, 0.15) is 34.3 Å². The summed E-state index contributed by atoms with van der Waals surface area (Å²) in [5.74, 6) is 1.22. The summed E-state index contributed by atoms with van der Waals surface area (Å²) in [4.78, 5) is 14.9. The first-order valence-electron chi connectivity index (χ1n) is 11.2. The molecule has 0 bridgehead atoms. The van der Waals surface area contributed by atoms with Gasteiger partial charge in [-0.3, -0.25) is 4.79 Å². The number of carbonyl (C=O) groups is 1. The van der Waals surface area contributed by atoms with Crippen molar-refractivity contribution in [3.8, 4) is 11.5 Å². The highest BCUT2D eigenvalue weighted by atomic mass is 16.5. The maximum absolute atomic E-state index is 12.6. The van der Waals surface area contributed by atoms with Crippen molar-refractivity contribution in [1.29, 1.82) is 0 Å². The minimum atomic E-state index is -0.199. The molecule has 0 spiro atoms. The molecule has 0 aliphatic carbocycles. The van der Waals surface area contributed by atoms with Gasteiger partial charge in [-0.15, -0.1) is 0 Å². The Labute approximate surface area is 194 Å². The molecule has 5 nitrogen and oxygen atoms in total. The summed E-state index contributed by atoms with van der Waals surface area (Å²) >= 11 is 0. The zero-order valence-electron chi connectivity index (χ0n) is 18.8. The average molecular weight is 444 g/mol. The van der Waals surface area contributed by atoms with Gasteiger partial charge in [0.1, 0.15) is 6.61 Å². The minimum absolute atomic E-state index is 0.0565. The molecule has 1 saturated heterocycles. The molecule has 3 aromatic rings. The van der Waals surface area contributed by atoms with Crippen LogP contribution in [-0.4, -0.2) is 37.2 Å². The SMILES string of the molecule is COc1cc(C=CC(=O)c2ccc(N3CCC(O)CC3)cc2)ccc1OCc1ccccc1. The molecule has 0 aromatic heterocycles. The highest BCUT2D eigenvalue weighted by Crippen LogP contribution is 2.29. The number of ketones is 1. The molecule has 4 rings (SSSR count). The number of ether oxygens (including phenoxy) is 2. The fraction of sp³-hybridized carbons (Fsp3) is 0.250. The van der Waals surface area contributed by atoms with Crippen LogP contribution in [0.25, 0.3) is 6.08 Å². The van der Waals surface area contributed by atoms with Crippen molar-refractivity contribution >= 4 is 17.5 Å². The molecule has 0 atom stereocenters. The van der Waals surface area contributed by atoms with E-state index in [9.17, 15) is 9.90 Å². The molecular formula is C28H29NO4. The summed E-state index contributed by atoms with van der Waals surface area (Å²) in [6.07, 6.45) is 4.72. The average Bonchev–Trinajstić information content (AvgIpc) is 2.87. The lowest BCUT2D eigenvalue weighted by Crippen LogP contribution is -2.35. The second kappa shape index (κ2) is 10.8. The second-order valence-electron chi connectivity index (χ2n) is 8.15. The number of aliphatic hydroxyl groups is 1. The van der Waals surface area contributed by atoms with Gasteiger partial charge < -0.3 is 19.5 Å². The van der Waals surface area contributed by atoms with E-state index in [4.69, 9.17) is 9.47 Å². The summed E-state index contributed by atoms with van der Waals surface area (Å²) in [5, 5.41) is 9.67. The summed E-state index contributed by atoms with van der Waals surface area (Å²) in [6, 6.07) is 23.2. The smallest absolute Gasteiger partial charge is 0.185 e. The Morgan fingerprint density at radius 1 is 1.00 bits per heavy atom. The van der Waals surface area contributed by atoms with E-state index in [0.717, 1.165) is 42.7 Å². The van der Waals surface area contributed by atoms with Crippen molar-refractivity contribution in [3.63, 3.8) is 0 Å². The largest absolute Gasteiger partial charge is 0.493 e. The zero-order chi connectivity index (χ0) is 23.0. The molecule has 1 heterocycles. The van der Waals surface area contributed by atoms with Crippen molar-refractivity contribution in [2.24, 2.45) is 0 Å². The van der Waals surface area contributed by atoms with Crippen molar-refractivity contribution in [2.45, 2.75) is 25.6 Å². The normalized spacial score (nSPS) is 14.4. The Hall–Kier alpha value is -3.57. The van der Waals surface area contributed by atoms with Crippen LogP contribution < -0.4 is 14.4 Å². The fourth-order valence-corrected chi connectivity index (χ4v) is 3.87. The molecule has 1 aliphatic heterocycles. The number of piperidine rings is 1. The van der Waals surface area contributed by atoms with Gasteiger partial charge in [-0.05, 0) is 66.4 Å². The molecule has 0 amide bonds. The van der Waals surface area contributed by atoms with Crippen LogP contribution in [0.3, 0.4) is 0 Å². The van der Waals surface area contributed by atoms with Gasteiger partial charge in [0.15, 0.2) is 17.3 Å². The van der Waals surface area contributed by atoms with Crippen LogP contribution in [0.4, 0.5) is 5.69 Å². The number of anilines is 1. The first-order chi connectivity index (χ1) is 16.1. The van der Waals surface area contributed by atoms with Crippen LogP contribution in [-0.2, 0) is 6.61 Å². The number of rotatable bonds is 8. The lowest BCUT2D eigenvalue weighted by atomic mass is 10.1. The van der Waals surface area contributed by atoms with Crippen LogP contribution in [0.15, 0.2) is 78.9 Å². The molecule has 3 aromatic carbocycles. The third-order valence-corrected chi connectivity index (χ3v) is 5.83. The van der Waals surface area contributed by atoms with Crippen molar-refractivity contribution < 1.29 is 19.4 Å². The maximum atomic E-state index is 12.6. The molecule has 170 valence electrons. The molecule has 0 radical (unpaired) electrons. The van der Waals surface area contributed by atoms with Gasteiger partial charge in [-0.2, -0.15) is 0 Å². The Balaban J connectivity index is 1.38. The van der Waals surface area contributed by atoms with Crippen LogP contribution in [0, 0.1) is 0 Å². The van der Waals surface area contributed by atoms with E-state index >= 15 is 0 Å². The van der Waals surface area contributed by atoms with E-state index in [1.165, 1.54) is 0 Å². The second-order valence-corrected chi connectivity index (χ2v) is 8.15. The van der Waals surface area contributed by atoms with Crippen LogP contribution in [0.5, 0.6) is 11.5 Å². The van der Waals surface area contributed by atoms with Gasteiger partial charge in [-0.1, -0.05) is 42.5 Å². The number of nitrogens with zero attached hydrogens (tertiary/aromatic N) is 1. The van der Waals surface area contributed by atoms with Gasteiger partial charge in [0.2, 0.25) is 0 Å². The molecule has 1 N–H and O–H groups in total. The van der Waals surface area contributed by atoms with Gasteiger partial charge in [0, 0.05) is 24.3 Å². The first kappa shape index (κ1) is 22.6. The van der Waals surface area contributed by atoms with E-state index in [1.54, 1.807) is 19.3 Å². The number of allylic oxidation sites excluding steroid dienone is 1. The van der Waals surface area contributed by atoms with E-state index in [0.29, 0.717) is 23.7 Å².